The highest BCUT2D eigenvalue weighted by Gasteiger charge is 2.35. The van der Waals surface area contributed by atoms with Gasteiger partial charge in [-0.1, -0.05) is 24.3 Å². The van der Waals surface area contributed by atoms with Crippen molar-refractivity contribution < 1.29 is 27.4 Å². The summed E-state index contributed by atoms with van der Waals surface area (Å²) < 4.78 is 62.8. The average molecular weight is 492 g/mol. The van der Waals surface area contributed by atoms with Crippen LogP contribution in [0.25, 0.3) is 11.2 Å². The van der Waals surface area contributed by atoms with Crippen molar-refractivity contribution in [3.05, 3.63) is 86.3 Å². The van der Waals surface area contributed by atoms with E-state index in [9.17, 15) is 27.2 Å². The molecule has 0 amide bonds. The molecule has 0 unspecified atom stereocenters. The Morgan fingerprint density at radius 3 is 2.37 bits per heavy atom. The molecule has 12 heteroatoms. The van der Waals surface area contributed by atoms with Gasteiger partial charge in [-0.15, -0.1) is 0 Å². The Hall–Kier alpha value is -3.93. The number of aliphatic hydroxyl groups excluding tert-OH is 1. The van der Waals surface area contributed by atoms with Crippen LogP contribution in [0, 0.1) is 5.82 Å². The summed E-state index contributed by atoms with van der Waals surface area (Å²) in [5.74, 6) is -1.03. The Morgan fingerprint density at radius 1 is 1.03 bits per heavy atom. The van der Waals surface area contributed by atoms with Crippen LogP contribution in [0.5, 0.6) is 11.8 Å². The van der Waals surface area contributed by atoms with Gasteiger partial charge in [0, 0.05) is 20.2 Å². The van der Waals surface area contributed by atoms with E-state index in [1.54, 1.807) is 0 Å². The van der Waals surface area contributed by atoms with E-state index in [1.165, 1.54) is 48.0 Å². The Morgan fingerprint density at radius 2 is 1.71 bits per heavy atom. The summed E-state index contributed by atoms with van der Waals surface area (Å²) in [6.07, 6.45) is -4.58. The molecule has 4 rings (SSSR count). The summed E-state index contributed by atoms with van der Waals surface area (Å²) in [5, 5.41) is 9.14. The van der Waals surface area contributed by atoms with Crippen molar-refractivity contribution in [1.82, 2.24) is 18.7 Å². The number of halogens is 4. The predicted molar refractivity (Wildman–Crippen MR) is 118 cm³/mol. The molecule has 35 heavy (non-hydrogen) atoms. The first-order valence-electron chi connectivity index (χ1n) is 10.5. The number of rotatable bonds is 7. The predicted octanol–water partition coefficient (Wildman–Crippen LogP) is 3.28. The van der Waals surface area contributed by atoms with Crippen molar-refractivity contribution >= 4 is 11.2 Å². The van der Waals surface area contributed by atoms with Gasteiger partial charge in [-0.3, -0.25) is 18.5 Å². The molecule has 0 saturated carbocycles. The van der Waals surface area contributed by atoms with Crippen molar-refractivity contribution in [3.63, 3.8) is 0 Å². The summed E-state index contributed by atoms with van der Waals surface area (Å²) in [4.78, 5) is 30.2. The van der Waals surface area contributed by atoms with Crippen molar-refractivity contribution in [2.45, 2.75) is 25.7 Å². The second-order valence-electron chi connectivity index (χ2n) is 7.75. The number of ether oxygens (including phenoxy) is 1. The maximum absolute atomic E-state index is 13.5. The fraction of sp³-hybridized carbons (Fsp3) is 0.261. The van der Waals surface area contributed by atoms with Crippen LogP contribution in [0.2, 0.25) is 0 Å². The third kappa shape index (κ3) is 4.69. The minimum atomic E-state index is -4.71. The van der Waals surface area contributed by atoms with Gasteiger partial charge in [-0.2, -0.15) is 18.2 Å². The molecule has 0 atom stereocenters. The van der Waals surface area contributed by atoms with E-state index in [4.69, 9.17) is 9.84 Å². The van der Waals surface area contributed by atoms with Crippen LogP contribution in [0.3, 0.4) is 0 Å². The molecule has 0 aliphatic carbocycles. The van der Waals surface area contributed by atoms with Gasteiger partial charge >= 0.3 is 17.9 Å². The normalized spacial score (nSPS) is 11.8. The van der Waals surface area contributed by atoms with E-state index in [0.717, 1.165) is 21.3 Å². The number of imidazole rings is 1. The quantitative estimate of drug-likeness (QED) is 0.400. The zero-order chi connectivity index (χ0) is 25.3. The summed E-state index contributed by atoms with van der Waals surface area (Å²) in [6, 6.07) is 9.46. The number of aromatic nitrogens is 4. The first-order valence-corrected chi connectivity index (χ1v) is 10.5. The molecular formula is C23H20F4N4O4. The van der Waals surface area contributed by atoms with E-state index < -0.39 is 34.6 Å². The van der Waals surface area contributed by atoms with Gasteiger partial charge in [0.25, 0.3) is 5.56 Å². The Bertz CT molecular complexity index is 1490. The Labute approximate surface area is 195 Å². The number of aryl methyl sites for hydroxylation is 1. The van der Waals surface area contributed by atoms with Gasteiger partial charge in [0.15, 0.2) is 11.2 Å². The fourth-order valence-corrected chi connectivity index (χ4v) is 3.66. The summed E-state index contributed by atoms with van der Waals surface area (Å²) >= 11 is 0. The zero-order valence-electron chi connectivity index (χ0n) is 18.4. The molecule has 8 nitrogen and oxygen atoms in total. The number of para-hydroxylation sites is 1. The van der Waals surface area contributed by atoms with Gasteiger partial charge < -0.3 is 9.84 Å². The molecule has 1 N–H and O–H groups in total. The summed E-state index contributed by atoms with van der Waals surface area (Å²) in [5.41, 5.74) is -2.17. The largest absolute Gasteiger partial charge is 0.425 e. The molecular weight excluding hydrogens is 472 g/mol. The van der Waals surface area contributed by atoms with Gasteiger partial charge in [0.1, 0.15) is 11.6 Å². The minimum Gasteiger partial charge on any atom is -0.425 e. The second kappa shape index (κ2) is 9.37. The van der Waals surface area contributed by atoms with Crippen LogP contribution in [0.1, 0.15) is 17.5 Å². The van der Waals surface area contributed by atoms with Crippen LogP contribution in [-0.4, -0.2) is 30.4 Å². The molecule has 0 fully saturated rings. The maximum atomic E-state index is 13.5. The smallest absolute Gasteiger partial charge is 0.419 e. The monoisotopic (exact) mass is 492 g/mol. The third-order valence-electron chi connectivity index (χ3n) is 5.38. The van der Waals surface area contributed by atoms with Gasteiger partial charge in [-0.25, -0.2) is 9.18 Å². The van der Waals surface area contributed by atoms with Crippen molar-refractivity contribution in [2.24, 2.45) is 7.05 Å². The number of alkyl halides is 3. The van der Waals surface area contributed by atoms with E-state index >= 15 is 0 Å². The lowest BCUT2D eigenvalue weighted by Gasteiger charge is -2.14. The molecule has 0 radical (unpaired) electrons. The number of aliphatic hydroxyl groups is 1. The van der Waals surface area contributed by atoms with Crippen molar-refractivity contribution in [1.29, 1.82) is 0 Å². The van der Waals surface area contributed by atoms with Crippen LogP contribution in [0.15, 0.2) is 58.1 Å². The van der Waals surface area contributed by atoms with Crippen LogP contribution in [0.4, 0.5) is 17.6 Å². The molecule has 0 spiro atoms. The van der Waals surface area contributed by atoms with Gasteiger partial charge in [0.2, 0.25) is 0 Å². The second-order valence-corrected chi connectivity index (χ2v) is 7.75. The average Bonchev–Trinajstić information content (AvgIpc) is 3.17. The molecule has 0 bridgehead atoms. The first kappa shape index (κ1) is 24.2. The summed E-state index contributed by atoms with van der Waals surface area (Å²) in [7, 11) is 1.36. The number of fused-ring (bicyclic) bond motifs is 1. The van der Waals surface area contributed by atoms with E-state index in [2.05, 4.69) is 4.98 Å². The lowest BCUT2D eigenvalue weighted by atomic mass is 10.2. The SMILES string of the molecule is Cn1c(=O)n(CCCO)c(=O)c2c1nc(Oc1ccccc1C(F)(F)F)n2Cc1ccc(F)cc1. The number of hydrogen-bond acceptors (Lipinski definition) is 5. The van der Waals surface area contributed by atoms with Crippen LogP contribution < -0.4 is 16.0 Å². The van der Waals surface area contributed by atoms with Crippen molar-refractivity contribution in [2.75, 3.05) is 6.61 Å². The molecule has 4 aromatic rings. The van der Waals surface area contributed by atoms with E-state index in [1.807, 2.05) is 0 Å². The number of benzene rings is 2. The molecule has 2 heterocycles. The highest BCUT2D eigenvalue weighted by atomic mass is 19.4. The maximum Gasteiger partial charge on any atom is 0.419 e. The van der Waals surface area contributed by atoms with E-state index in [0.29, 0.717) is 5.56 Å². The van der Waals surface area contributed by atoms with Crippen molar-refractivity contribution in [3.8, 4) is 11.8 Å². The minimum absolute atomic E-state index is 0.0766. The molecule has 2 aromatic carbocycles. The van der Waals surface area contributed by atoms with Gasteiger partial charge in [-0.05, 0) is 36.2 Å². The fourth-order valence-electron chi connectivity index (χ4n) is 3.66. The third-order valence-corrected chi connectivity index (χ3v) is 5.38. The standard InChI is InChI=1S/C23H20F4N4O4/c1-29-19-18(20(33)30(22(29)34)11-4-12-32)31(13-14-7-9-15(24)10-8-14)21(28-19)35-17-6-3-2-5-16(17)23(25,26)27/h2-3,5-10,32H,4,11-13H2,1H3. The number of hydrogen-bond donors (Lipinski definition) is 1. The lowest BCUT2D eigenvalue weighted by molar-refractivity contribution is -0.138. The molecule has 0 aliphatic rings. The van der Waals surface area contributed by atoms with Crippen LogP contribution in [-0.2, 0) is 26.3 Å². The Balaban J connectivity index is 1.96. The molecule has 2 aromatic heterocycles. The lowest BCUT2D eigenvalue weighted by Crippen LogP contribution is -2.39. The molecule has 0 saturated heterocycles. The topological polar surface area (TPSA) is 91.3 Å². The van der Waals surface area contributed by atoms with Gasteiger partial charge in [0.05, 0.1) is 12.1 Å². The number of nitrogens with zero attached hydrogens (tertiary/aromatic N) is 4. The highest BCUT2D eigenvalue weighted by Crippen LogP contribution is 2.38. The zero-order valence-corrected chi connectivity index (χ0v) is 18.4. The van der Waals surface area contributed by atoms with E-state index in [-0.39, 0.29) is 43.3 Å². The highest BCUT2D eigenvalue weighted by molar-refractivity contribution is 5.72. The molecule has 184 valence electrons. The molecule has 0 aliphatic heterocycles. The Kier molecular flexibility index (Phi) is 6.48. The summed E-state index contributed by atoms with van der Waals surface area (Å²) in [6.45, 7) is -0.439. The van der Waals surface area contributed by atoms with Crippen LogP contribution >= 0.6 is 0 Å². The first-order chi connectivity index (χ1) is 16.6.